The summed E-state index contributed by atoms with van der Waals surface area (Å²) < 4.78 is 0. The number of thiophene rings is 1. The number of allylic oxidation sites excluding steroid dienone is 1. The molecule has 1 heterocycles. The Kier molecular flexibility index (Phi) is 4.24. The lowest BCUT2D eigenvalue weighted by molar-refractivity contribution is 0.104. The lowest BCUT2D eigenvalue weighted by atomic mass is 9.87. The first-order valence-corrected chi connectivity index (χ1v) is 7.64. The minimum atomic E-state index is 0.0969. The van der Waals surface area contributed by atoms with E-state index < -0.39 is 0 Å². The number of ketones is 1. The van der Waals surface area contributed by atoms with Gasteiger partial charge in [-0.15, -0.1) is 11.3 Å². The molecule has 0 amide bonds. The average Bonchev–Trinajstić information content (AvgIpc) is 2.94. The number of hydrogen-bond acceptors (Lipinski definition) is 2. The molecule has 1 nitrogen and oxygen atoms in total. The second kappa shape index (κ2) is 5.76. The van der Waals surface area contributed by atoms with E-state index in [1.807, 2.05) is 37.4 Å². The summed E-state index contributed by atoms with van der Waals surface area (Å²) in [5.74, 6) is 0.0969. The monoisotopic (exact) mass is 284 g/mol. The molecule has 0 fully saturated rings. The van der Waals surface area contributed by atoms with Crippen LogP contribution in [0.3, 0.4) is 0 Å². The first-order valence-electron chi connectivity index (χ1n) is 6.76. The summed E-state index contributed by atoms with van der Waals surface area (Å²) >= 11 is 1.64. The van der Waals surface area contributed by atoms with Crippen LogP contribution in [0.5, 0.6) is 0 Å². The second-order valence-corrected chi connectivity index (χ2v) is 6.19. The number of benzene rings is 1. The Bertz CT molecular complexity index is 647. The Balaban J connectivity index is 2.45. The molecule has 1 aromatic carbocycles. The molecule has 2 aromatic rings. The van der Waals surface area contributed by atoms with Gasteiger partial charge < -0.3 is 0 Å². The molecule has 0 saturated carbocycles. The van der Waals surface area contributed by atoms with Gasteiger partial charge in [0.15, 0.2) is 5.78 Å². The fourth-order valence-corrected chi connectivity index (χ4v) is 3.11. The summed E-state index contributed by atoms with van der Waals surface area (Å²) in [5, 5.41) is 2.01. The van der Waals surface area contributed by atoms with E-state index in [2.05, 4.69) is 20.8 Å². The van der Waals surface area contributed by atoms with Crippen molar-refractivity contribution >= 4 is 23.2 Å². The van der Waals surface area contributed by atoms with Crippen LogP contribution in [0.1, 0.15) is 43.1 Å². The highest BCUT2D eigenvalue weighted by molar-refractivity contribution is 7.10. The zero-order chi connectivity index (χ0) is 14.9. The molecule has 2 rings (SSSR count). The van der Waals surface area contributed by atoms with Crippen LogP contribution in [-0.4, -0.2) is 5.78 Å². The van der Waals surface area contributed by atoms with Crippen molar-refractivity contribution in [2.75, 3.05) is 0 Å². The third-order valence-electron chi connectivity index (χ3n) is 4.19. The highest BCUT2D eigenvalue weighted by Crippen LogP contribution is 2.26. The van der Waals surface area contributed by atoms with Gasteiger partial charge in [-0.3, -0.25) is 4.79 Å². The van der Waals surface area contributed by atoms with Crippen molar-refractivity contribution in [2.45, 2.75) is 34.6 Å². The average molecular weight is 284 g/mol. The van der Waals surface area contributed by atoms with Gasteiger partial charge in [0.25, 0.3) is 0 Å². The van der Waals surface area contributed by atoms with Crippen molar-refractivity contribution in [3.63, 3.8) is 0 Å². The maximum atomic E-state index is 12.5. The van der Waals surface area contributed by atoms with Gasteiger partial charge in [-0.05, 0) is 86.0 Å². The Morgan fingerprint density at radius 3 is 2.00 bits per heavy atom. The fourth-order valence-electron chi connectivity index (χ4n) is 2.50. The van der Waals surface area contributed by atoms with E-state index in [1.165, 1.54) is 16.7 Å². The molecule has 20 heavy (non-hydrogen) atoms. The van der Waals surface area contributed by atoms with Crippen molar-refractivity contribution in [2.24, 2.45) is 0 Å². The first kappa shape index (κ1) is 14.7. The molecular formula is C18H20OS. The van der Waals surface area contributed by atoms with E-state index >= 15 is 0 Å². The van der Waals surface area contributed by atoms with Crippen LogP contribution >= 0.6 is 11.3 Å². The molecule has 2 heteroatoms. The van der Waals surface area contributed by atoms with Gasteiger partial charge in [0.2, 0.25) is 0 Å². The van der Waals surface area contributed by atoms with Crippen molar-refractivity contribution in [1.82, 2.24) is 0 Å². The van der Waals surface area contributed by atoms with Gasteiger partial charge in [-0.2, -0.15) is 0 Å². The zero-order valence-electron chi connectivity index (χ0n) is 12.7. The third kappa shape index (κ3) is 2.61. The van der Waals surface area contributed by atoms with Gasteiger partial charge in [0, 0.05) is 10.4 Å². The molecule has 0 radical (unpaired) electrons. The first-order chi connectivity index (χ1) is 9.43. The van der Waals surface area contributed by atoms with E-state index in [-0.39, 0.29) is 5.78 Å². The van der Waals surface area contributed by atoms with Gasteiger partial charge in [0.05, 0.1) is 0 Å². The van der Waals surface area contributed by atoms with Crippen molar-refractivity contribution in [3.05, 3.63) is 61.8 Å². The minimum Gasteiger partial charge on any atom is -0.289 e. The molecule has 0 aliphatic heterocycles. The van der Waals surface area contributed by atoms with Gasteiger partial charge in [-0.1, -0.05) is 6.07 Å². The van der Waals surface area contributed by atoms with Crippen LogP contribution in [0.15, 0.2) is 23.6 Å². The van der Waals surface area contributed by atoms with Crippen molar-refractivity contribution < 1.29 is 4.79 Å². The number of rotatable bonds is 3. The van der Waals surface area contributed by atoms with E-state index in [9.17, 15) is 4.79 Å². The standard InChI is InChI=1S/C18H20OS/c1-11-12(2)14(4)18(15(5)13(11)3)17(19)9-8-16-7-6-10-20-16/h6-10H,1-5H3. The molecule has 0 aliphatic carbocycles. The molecule has 0 bridgehead atoms. The predicted molar refractivity (Wildman–Crippen MR) is 87.8 cm³/mol. The Hall–Kier alpha value is -1.67. The number of hydrogen-bond donors (Lipinski definition) is 0. The number of carbonyl (C=O) groups excluding carboxylic acids is 1. The molecule has 0 unspecified atom stereocenters. The normalized spacial score (nSPS) is 11.2. The van der Waals surface area contributed by atoms with Crippen LogP contribution in [-0.2, 0) is 0 Å². The minimum absolute atomic E-state index is 0.0969. The summed E-state index contributed by atoms with van der Waals surface area (Å²) in [4.78, 5) is 13.6. The Morgan fingerprint density at radius 2 is 1.50 bits per heavy atom. The summed E-state index contributed by atoms with van der Waals surface area (Å²) in [6.07, 6.45) is 3.59. The van der Waals surface area contributed by atoms with E-state index in [0.29, 0.717) is 0 Å². The summed E-state index contributed by atoms with van der Waals surface area (Å²) in [6.45, 7) is 10.4. The molecule has 104 valence electrons. The van der Waals surface area contributed by atoms with E-state index in [1.54, 1.807) is 17.4 Å². The maximum Gasteiger partial charge on any atom is 0.186 e. The Morgan fingerprint density at radius 1 is 0.950 bits per heavy atom. The summed E-state index contributed by atoms with van der Waals surface area (Å²) in [5.41, 5.74) is 6.80. The lowest BCUT2D eigenvalue weighted by Gasteiger charge is -2.16. The zero-order valence-corrected chi connectivity index (χ0v) is 13.5. The van der Waals surface area contributed by atoms with Crippen LogP contribution in [0.25, 0.3) is 6.08 Å². The number of carbonyl (C=O) groups is 1. The van der Waals surface area contributed by atoms with Crippen LogP contribution in [0.2, 0.25) is 0 Å². The summed E-state index contributed by atoms with van der Waals surface area (Å²) in [7, 11) is 0. The van der Waals surface area contributed by atoms with Gasteiger partial charge in [-0.25, -0.2) is 0 Å². The fraction of sp³-hybridized carbons (Fsp3) is 0.278. The lowest BCUT2D eigenvalue weighted by Crippen LogP contribution is -2.07. The highest BCUT2D eigenvalue weighted by Gasteiger charge is 2.16. The molecule has 0 saturated heterocycles. The second-order valence-electron chi connectivity index (χ2n) is 5.21. The van der Waals surface area contributed by atoms with Gasteiger partial charge >= 0.3 is 0 Å². The van der Waals surface area contributed by atoms with Crippen molar-refractivity contribution in [3.8, 4) is 0 Å². The predicted octanol–water partition coefficient (Wildman–Crippen LogP) is 5.19. The van der Waals surface area contributed by atoms with Crippen molar-refractivity contribution in [1.29, 1.82) is 0 Å². The topological polar surface area (TPSA) is 17.1 Å². The molecule has 0 atom stereocenters. The SMILES string of the molecule is Cc1c(C)c(C)c(C(=O)C=Cc2cccs2)c(C)c1C. The smallest absolute Gasteiger partial charge is 0.186 e. The molecular weight excluding hydrogens is 264 g/mol. The maximum absolute atomic E-state index is 12.5. The Labute approximate surface area is 125 Å². The third-order valence-corrected chi connectivity index (χ3v) is 5.03. The van der Waals surface area contributed by atoms with E-state index in [4.69, 9.17) is 0 Å². The quantitative estimate of drug-likeness (QED) is 0.560. The largest absolute Gasteiger partial charge is 0.289 e. The molecule has 0 aliphatic rings. The van der Waals surface area contributed by atoms with Crippen LogP contribution in [0, 0.1) is 34.6 Å². The van der Waals surface area contributed by atoms with E-state index in [0.717, 1.165) is 21.6 Å². The van der Waals surface area contributed by atoms with Crippen LogP contribution in [0.4, 0.5) is 0 Å². The molecule has 0 N–H and O–H groups in total. The highest BCUT2D eigenvalue weighted by atomic mass is 32.1. The van der Waals surface area contributed by atoms with Gasteiger partial charge in [0.1, 0.15) is 0 Å². The summed E-state index contributed by atoms with van der Waals surface area (Å²) in [6, 6.07) is 4.01. The van der Waals surface area contributed by atoms with Crippen LogP contribution < -0.4 is 0 Å². The molecule has 1 aromatic heterocycles. The molecule has 0 spiro atoms.